The Labute approximate surface area is 480 Å². The third-order valence-electron chi connectivity index (χ3n) is 14.8. The van der Waals surface area contributed by atoms with Crippen molar-refractivity contribution in [1.82, 2.24) is 40.1 Å². The first-order valence-electron chi connectivity index (χ1n) is 28.1. The number of phenols is 1. The molecule has 0 radical (unpaired) electrons. The number of aromatic hydroxyl groups is 1. The molecule has 0 bridgehead atoms. The van der Waals surface area contributed by atoms with E-state index < -0.39 is 17.7 Å². The number of hydrogen-bond donors (Lipinski definition) is 4. The molecule has 1 saturated heterocycles. The van der Waals surface area contributed by atoms with Crippen LogP contribution >= 0.6 is 0 Å². The van der Waals surface area contributed by atoms with Crippen LogP contribution in [0.1, 0.15) is 107 Å². The van der Waals surface area contributed by atoms with Gasteiger partial charge in [-0.1, -0.05) is 43.7 Å². The first-order chi connectivity index (χ1) is 39.8. The predicted molar refractivity (Wildman–Crippen MR) is 301 cm³/mol. The van der Waals surface area contributed by atoms with Crippen LogP contribution in [0.15, 0.2) is 59.5 Å². The second-order valence-electron chi connectivity index (χ2n) is 20.9. The Balaban J connectivity index is 0.000000212. The number of hydrogen-bond acceptors (Lipinski definition) is 19. The zero-order valence-corrected chi connectivity index (χ0v) is 48.0. The minimum atomic E-state index is -1.78. The maximum Gasteiger partial charge on any atom is 0.509 e. The number of esters is 1. The first kappa shape index (κ1) is 62.5. The Morgan fingerprint density at radius 2 is 1.63 bits per heavy atom. The Hall–Kier alpha value is -8.09. The Morgan fingerprint density at radius 3 is 2.29 bits per heavy atom. The van der Waals surface area contributed by atoms with Gasteiger partial charge < -0.3 is 54.5 Å². The number of imide groups is 1. The van der Waals surface area contributed by atoms with Crippen LogP contribution in [0.25, 0.3) is 22.3 Å². The lowest BCUT2D eigenvalue weighted by Crippen LogP contribution is -2.47. The number of phenolic OH excluding ortho intramolecular Hbond substituents is 1. The van der Waals surface area contributed by atoms with Gasteiger partial charge in [0, 0.05) is 53.5 Å². The quantitative estimate of drug-likeness (QED) is 0.0302. The molecule has 5 N–H and O–H groups in total. The van der Waals surface area contributed by atoms with Gasteiger partial charge in [-0.2, -0.15) is 0 Å². The molecular weight excluding hydrogens is 1070 g/mol. The monoisotopic (exact) mass is 1150 g/mol. The molecule has 1 saturated carbocycles. The molecule has 0 spiro atoms. The van der Waals surface area contributed by atoms with E-state index in [-0.39, 0.29) is 96.9 Å². The molecule has 24 heteroatoms. The lowest BCUT2D eigenvalue weighted by atomic mass is 9.81. The highest BCUT2D eigenvalue weighted by atomic mass is 16.7. The van der Waals surface area contributed by atoms with Gasteiger partial charge in [0.25, 0.3) is 5.56 Å². The molecular formula is C59H75N9O15. The van der Waals surface area contributed by atoms with Gasteiger partial charge in [-0.3, -0.25) is 33.7 Å². The number of aryl methyl sites for hydroxylation is 2. The number of carbonyl (C=O) groups is 7. The predicted octanol–water partition coefficient (Wildman–Crippen LogP) is 4.96. The number of anilines is 1. The second-order valence-corrected chi connectivity index (χ2v) is 20.9. The second kappa shape index (κ2) is 29.2. The minimum Gasteiger partial charge on any atom is -0.508 e. The Kier molecular flexibility index (Phi) is 22.0. The van der Waals surface area contributed by atoms with Gasteiger partial charge in [0.15, 0.2) is 5.78 Å². The summed E-state index contributed by atoms with van der Waals surface area (Å²) in [6.07, 6.45) is 4.93. The molecule has 4 aliphatic rings. The number of aromatic nitrogens is 5. The highest BCUT2D eigenvalue weighted by Gasteiger charge is 2.51. The molecule has 83 heavy (non-hydrogen) atoms. The van der Waals surface area contributed by atoms with E-state index in [1.807, 2.05) is 38.1 Å². The van der Waals surface area contributed by atoms with E-state index in [0.717, 1.165) is 47.9 Å². The summed E-state index contributed by atoms with van der Waals surface area (Å²) in [5.74, 6) is -1.25. The van der Waals surface area contributed by atoms with Crippen LogP contribution in [0, 0.1) is 24.7 Å². The van der Waals surface area contributed by atoms with Gasteiger partial charge >= 0.3 is 12.1 Å². The van der Waals surface area contributed by atoms with Crippen molar-refractivity contribution in [1.29, 1.82) is 0 Å². The van der Waals surface area contributed by atoms with Gasteiger partial charge in [0.05, 0.1) is 81.3 Å². The maximum absolute atomic E-state index is 13.6. The number of nitrogens with one attached hydrogen (secondary N) is 2. The van der Waals surface area contributed by atoms with Crippen LogP contribution in [-0.2, 0) is 95.5 Å². The number of pyridine rings is 2. The summed E-state index contributed by atoms with van der Waals surface area (Å²) >= 11 is 0. The third-order valence-corrected chi connectivity index (χ3v) is 14.8. The molecule has 1 unspecified atom stereocenters. The number of nitrogens with zero attached hydrogens (tertiary/aromatic N) is 6. The standard InChI is InChI=1S/C27H42N6O8.C25H24N2O7.C7H9N/c1-19-13-25(36)33(27(19)38)15-21-3-5-22(6-4-21)26(37)29-14-23-16-32(31-30-23)8-10-40-12-11-39-9-7-28-24(35)18-41-17-20(2)34;1-4-14-15-9-13(28)7-8-19(15)26-21-16(14)11-27-20(21)10-18-17(22(27)29)12-33-23(30)25(18,5-2)34-24(31)32-6-3;1-6-2-4-7(8)5-3-6/h16,19,21-22H,3-15,17-18H2,1-2H3,(H,28,35)(H,29,37);7-10,28H,4-6,11-12H2,1-3H3;2-5H,8H2,1H3/t;25-;/m.0./s1. The molecule has 5 aromatic rings. The molecule has 9 rings (SSSR count). The van der Waals surface area contributed by atoms with Gasteiger partial charge in [-0.05, 0) is 107 Å². The molecule has 2 aromatic carbocycles. The molecule has 6 heterocycles. The van der Waals surface area contributed by atoms with Crippen molar-refractivity contribution in [3.8, 4) is 17.1 Å². The summed E-state index contributed by atoms with van der Waals surface area (Å²) in [5, 5.41) is 24.6. The number of ether oxygens (including phenoxy) is 6. The van der Waals surface area contributed by atoms with E-state index in [0.29, 0.717) is 100 Å². The minimum absolute atomic E-state index is 0.0100. The van der Waals surface area contributed by atoms with Gasteiger partial charge in [-0.25, -0.2) is 19.3 Å². The zero-order chi connectivity index (χ0) is 59.8. The first-order valence-corrected chi connectivity index (χ1v) is 28.1. The maximum atomic E-state index is 13.6. The average Bonchev–Trinajstić information content (AvgIpc) is 4.25. The fraction of sp³-hybridized carbons (Fsp3) is 0.508. The fourth-order valence-corrected chi connectivity index (χ4v) is 10.4. The van der Waals surface area contributed by atoms with E-state index in [2.05, 4.69) is 20.9 Å². The number of benzene rings is 2. The molecule has 4 amide bonds. The molecule has 24 nitrogen and oxygen atoms in total. The Morgan fingerprint density at radius 1 is 0.892 bits per heavy atom. The number of Topliss-reactive ketones (excluding diaryl/α,β-unsaturated/α-hetero) is 1. The summed E-state index contributed by atoms with van der Waals surface area (Å²) in [5.41, 5.74) is 10.4. The highest BCUT2D eigenvalue weighted by molar-refractivity contribution is 6.03. The molecule has 1 aliphatic carbocycles. The SMILES string of the molecule is CC(=O)COCC(=O)NCCOCCOCCn1cc(CNC(=O)C2CCC(CN3C(=O)CC(C)C3=O)CC2)nn1.CCOC(=O)O[C@]1(CC)C(=O)OCc2c1cc1n(c2=O)Cc2c-1nc1ccc(O)cc1c2CC.Cc1ccc(N)cc1. The molecule has 3 aliphatic heterocycles. The number of nitrogen functional groups attached to an aromatic ring is 1. The molecule has 446 valence electrons. The van der Waals surface area contributed by atoms with Crippen LogP contribution in [0.3, 0.4) is 0 Å². The van der Waals surface area contributed by atoms with Crippen molar-refractivity contribution in [2.75, 3.05) is 65.1 Å². The van der Waals surface area contributed by atoms with Crippen molar-refractivity contribution in [2.45, 2.75) is 118 Å². The largest absolute Gasteiger partial charge is 0.509 e. The van der Waals surface area contributed by atoms with Crippen molar-refractivity contribution < 1.29 is 67.1 Å². The number of carbonyl (C=O) groups excluding carboxylic acids is 7. The number of rotatable bonds is 22. The summed E-state index contributed by atoms with van der Waals surface area (Å²) in [4.78, 5) is 104. The lowest BCUT2D eigenvalue weighted by molar-refractivity contribution is -0.175. The smallest absolute Gasteiger partial charge is 0.508 e. The summed E-state index contributed by atoms with van der Waals surface area (Å²) in [6.45, 7) is 13.6. The van der Waals surface area contributed by atoms with E-state index in [4.69, 9.17) is 39.1 Å². The van der Waals surface area contributed by atoms with E-state index in [9.17, 15) is 43.5 Å². The fourth-order valence-electron chi connectivity index (χ4n) is 10.4. The van der Waals surface area contributed by atoms with Crippen LogP contribution in [0.2, 0.25) is 0 Å². The summed E-state index contributed by atoms with van der Waals surface area (Å²) in [7, 11) is 0. The number of likely N-dealkylation sites (tertiary alicyclic amines) is 1. The normalized spacial score (nSPS) is 18.6. The topological polar surface area (TPSA) is 314 Å². The molecule has 2 atom stereocenters. The average molecular weight is 1150 g/mol. The summed E-state index contributed by atoms with van der Waals surface area (Å²) < 4.78 is 34.8. The highest BCUT2D eigenvalue weighted by Crippen LogP contribution is 2.42. The zero-order valence-electron chi connectivity index (χ0n) is 48.0. The van der Waals surface area contributed by atoms with Crippen molar-refractivity contribution in [3.63, 3.8) is 0 Å². The number of amides is 4. The third kappa shape index (κ3) is 15.9. The number of nitrogens with two attached hydrogens (primary N) is 1. The van der Waals surface area contributed by atoms with Crippen LogP contribution in [0.5, 0.6) is 5.75 Å². The van der Waals surface area contributed by atoms with E-state index in [1.165, 1.54) is 17.4 Å². The number of ketones is 1. The van der Waals surface area contributed by atoms with Crippen LogP contribution in [-0.4, -0.2) is 135 Å². The Bertz CT molecular complexity index is 3190. The number of fused-ring (bicyclic) bond motifs is 5. The van der Waals surface area contributed by atoms with E-state index in [1.54, 1.807) is 60.5 Å². The van der Waals surface area contributed by atoms with Crippen molar-refractivity contribution in [2.24, 2.45) is 17.8 Å². The van der Waals surface area contributed by atoms with Crippen molar-refractivity contribution in [3.05, 3.63) is 98.6 Å². The van der Waals surface area contributed by atoms with Crippen LogP contribution < -0.4 is 21.9 Å². The van der Waals surface area contributed by atoms with E-state index >= 15 is 0 Å². The van der Waals surface area contributed by atoms with Gasteiger partial charge in [-0.15, -0.1) is 5.10 Å². The molecule has 3 aromatic heterocycles. The van der Waals surface area contributed by atoms with Crippen LogP contribution in [0.4, 0.5) is 10.5 Å². The number of cyclic esters (lactones) is 1. The summed E-state index contributed by atoms with van der Waals surface area (Å²) in [6, 6.07) is 14.5. The molecule has 2 fully saturated rings. The van der Waals surface area contributed by atoms with Crippen molar-refractivity contribution >= 4 is 58.1 Å². The van der Waals surface area contributed by atoms with Gasteiger partial charge in [0.2, 0.25) is 29.2 Å². The van der Waals surface area contributed by atoms with Gasteiger partial charge in [0.1, 0.15) is 31.3 Å². The lowest BCUT2D eigenvalue weighted by Gasteiger charge is -2.35.